The summed E-state index contributed by atoms with van der Waals surface area (Å²) in [6.07, 6.45) is -6.22. The second kappa shape index (κ2) is 12.1. The van der Waals surface area contributed by atoms with Crippen LogP contribution in [0.4, 0.5) is 26.7 Å². The summed E-state index contributed by atoms with van der Waals surface area (Å²) >= 11 is 0. The van der Waals surface area contributed by atoms with Gasteiger partial charge in [0.15, 0.2) is 0 Å². The average molecular weight is 521 g/mol. The summed E-state index contributed by atoms with van der Waals surface area (Å²) in [6.45, 7) is 1.89. The Kier molecular flexibility index (Phi) is 9.73. The number of carbonyl (C=O) groups excluding carboxylic acids is 2. The molecular formula is C22H29F5N6O3. The molecule has 14 heteroatoms. The highest BCUT2D eigenvalue weighted by Gasteiger charge is 2.34. The Bertz CT molecular complexity index is 992. The van der Waals surface area contributed by atoms with Crippen molar-refractivity contribution in [2.75, 3.05) is 13.2 Å². The molecule has 0 spiro atoms. The van der Waals surface area contributed by atoms with Gasteiger partial charge in [-0.2, -0.15) is 13.2 Å². The molecular weight excluding hydrogens is 491 g/mol. The molecule has 0 fully saturated rings. The highest BCUT2D eigenvalue weighted by Crippen LogP contribution is 2.35. The van der Waals surface area contributed by atoms with Crippen molar-refractivity contribution in [2.45, 2.75) is 63.3 Å². The summed E-state index contributed by atoms with van der Waals surface area (Å²) < 4.78 is 72.2. The number of rotatable bonds is 12. The number of ether oxygens (including phenoxy) is 1. The standard InChI is InChI=1S/C22H29F5N6O3/c1-20(2,28)18(34)31-16(8-9-21(23,24)15-6-4-3-5-7-15)17-14-30-32-33(17)12-13-36-19(35)29-11-10-22(25,26)27/h3-7,14,16H,8-13,28H2,1-2H3,(H,29,35)(H,31,34). The first-order chi connectivity index (χ1) is 16.7. The fourth-order valence-electron chi connectivity index (χ4n) is 3.08. The van der Waals surface area contributed by atoms with E-state index in [0.717, 1.165) is 0 Å². The van der Waals surface area contributed by atoms with Crippen LogP contribution < -0.4 is 16.4 Å². The van der Waals surface area contributed by atoms with Gasteiger partial charge in [0.05, 0.1) is 36.4 Å². The zero-order chi connectivity index (χ0) is 27.0. The average Bonchev–Trinajstić information content (AvgIpc) is 3.24. The van der Waals surface area contributed by atoms with Gasteiger partial charge in [-0.3, -0.25) is 4.79 Å². The minimum absolute atomic E-state index is 0.0878. The second-order valence-corrected chi connectivity index (χ2v) is 8.67. The van der Waals surface area contributed by atoms with Crippen molar-refractivity contribution in [3.8, 4) is 0 Å². The summed E-state index contributed by atoms with van der Waals surface area (Å²) in [6, 6.07) is 6.27. The number of alkyl carbamates (subject to hydrolysis) is 1. The Balaban J connectivity index is 2.06. The van der Waals surface area contributed by atoms with Crippen LogP contribution >= 0.6 is 0 Å². The first-order valence-corrected chi connectivity index (χ1v) is 11.1. The van der Waals surface area contributed by atoms with Crippen molar-refractivity contribution in [1.82, 2.24) is 25.6 Å². The molecule has 0 radical (unpaired) electrons. The summed E-state index contributed by atoms with van der Waals surface area (Å²) in [5.74, 6) is -3.78. The SMILES string of the molecule is CC(C)(N)C(=O)NC(CCC(F)(F)c1ccccc1)c1cnnn1CCOC(=O)NCCC(F)(F)F. The number of nitrogens with one attached hydrogen (secondary N) is 2. The zero-order valence-electron chi connectivity index (χ0n) is 19.8. The molecule has 0 bridgehead atoms. The van der Waals surface area contributed by atoms with Gasteiger partial charge >= 0.3 is 12.3 Å². The van der Waals surface area contributed by atoms with Crippen molar-refractivity contribution < 1.29 is 36.3 Å². The molecule has 0 saturated heterocycles. The predicted molar refractivity (Wildman–Crippen MR) is 119 cm³/mol. The Labute approximate surface area is 204 Å². The van der Waals surface area contributed by atoms with Crippen molar-refractivity contribution in [3.05, 3.63) is 47.8 Å². The summed E-state index contributed by atoms with van der Waals surface area (Å²) in [5, 5.41) is 12.2. The number of halogens is 5. The second-order valence-electron chi connectivity index (χ2n) is 8.67. The monoisotopic (exact) mass is 520 g/mol. The van der Waals surface area contributed by atoms with E-state index < -0.39 is 55.1 Å². The largest absolute Gasteiger partial charge is 0.448 e. The fraction of sp³-hybridized carbons (Fsp3) is 0.545. The van der Waals surface area contributed by atoms with E-state index in [0.29, 0.717) is 0 Å². The molecule has 4 N–H and O–H groups in total. The van der Waals surface area contributed by atoms with E-state index in [1.54, 1.807) is 6.07 Å². The molecule has 200 valence electrons. The number of benzene rings is 1. The van der Waals surface area contributed by atoms with E-state index in [9.17, 15) is 31.5 Å². The smallest absolute Gasteiger partial charge is 0.407 e. The molecule has 0 aliphatic carbocycles. The number of carbonyl (C=O) groups is 2. The number of nitrogens with zero attached hydrogens (tertiary/aromatic N) is 3. The predicted octanol–water partition coefficient (Wildman–Crippen LogP) is 3.42. The number of alkyl halides is 5. The lowest BCUT2D eigenvalue weighted by atomic mass is 9.98. The Hall–Kier alpha value is -3.29. The van der Waals surface area contributed by atoms with E-state index in [2.05, 4.69) is 15.6 Å². The van der Waals surface area contributed by atoms with Crippen LogP contribution in [0.2, 0.25) is 0 Å². The lowest BCUT2D eigenvalue weighted by Crippen LogP contribution is -2.50. The molecule has 1 heterocycles. The van der Waals surface area contributed by atoms with Gasteiger partial charge in [-0.1, -0.05) is 35.5 Å². The van der Waals surface area contributed by atoms with Gasteiger partial charge in [0.1, 0.15) is 6.61 Å². The van der Waals surface area contributed by atoms with Crippen LogP contribution in [0.1, 0.15) is 50.4 Å². The van der Waals surface area contributed by atoms with Gasteiger partial charge in [0.25, 0.3) is 5.92 Å². The first kappa shape index (κ1) is 28.9. The van der Waals surface area contributed by atoms with Gasteiger partial charge < -0.3 is 21.1 Å². The molecule has 0 aliphatic heterocycles. The summed E-state index contributed by atoms with van der Waals surface area (Å²) in [7, 11) is 0. The van der Waals surface area contributed by atoms with Gasteiger partial charge in [-0.05, 0) is 20.3 Å². The molecule has 0 saturated carbocycles. The van der Waals surface area contributed by atoms with E-state index in [4.69, 9.17) is 10.5 Å². The molecule has 2 aromatic rings. The van der Waals surface area contributed by atoms with E-state index in [-0.39, 0.29) is 30.8 Å². The van der Waals surface area contributed by atoms with E-state index >= 15 is 0 Å². The molecule has 1 aromatic carbocycles. The quantitative estimate of drug-likeness (QED) is 0.369. The molecule has 1 unspecified atom stereocenters. The van der Waals surface area contributed by atoms with Gasteiger partial charge in [0, 0.05) is 18.5 Å². The normalized spacial score (nSPS) is 13.2. The maximum absolute atomic E-state index is 14.8. The highest BCUT2D eigenvalue weighted by atomic mass is 19.4. The topological polar surface area (TPSA) is 124 Å². The number of amides is 2. The number of hydrogen-bond donors (Lipinski definition) is 3. The zero-order valence-corrected chi connectivity index (χ0v) is 19.8. The van der Waals surface area contributed by atoms with Gasteiger partial charge in [-0.15, -0.1) is 5.10 Å². The number of aromatic nitrogens is 3. The molecule has 9 nitrogen and oxygen atoms in total. The maximum atomic E-state index is 14.8. The maximum Gasteiger partial charge on any atom is 0.407 e. The van der Waals surface area contributed by atoms with Crippen LogP contribution in [0.3, 0.4) is 0 Å². The third-order valence-electron chi connectivity index (χ3n) is 5.05. The lowest BCUT2D eigenvalue weighted by molar-refractivity contribution is -0.133. The van der Waals surface area contributed by atoms with Crippen molar-refractivity contribution in [2.24, 2.45) is 5.73 Å². The molecule has 2 rings (SSSR count). The molecule has 2 amide bonds. The Morgan fingerprint density at radius 1 is 1.11 bits per heavy atom. The fourth-order valence-corrected chi connectivity index (χ4v) is 3.08. The Morgan fingerprint density at radius 3 is 2.39 bits per heavy atom. The molecule has 1 aromatic heterocycles. The van der Waals surface area contributed by atoms with E-state index in [1.165, 1.54) is 49.0 Å². The third-order valence-corrected chi connectivity index (χ3v) is 5.05. The van der Waals surface area contributed by atoms with Crippen molar-refractivity contribution in [1.29, 1.82) is 0 Å². The molecule has 1 atom stereocenters. The number of hydrogen-bond acceptors (Lipinski definition) is 6. The van der Waals surface area contributed by atoms with Crippen LogP contribution in [0.15, 0.2) is 36.5 Å². The Morgan fingerprint density at radius 2 is 1.78 bits per heavy atom. The first-order valence-electron chi connectivity index (χ1n) is 11.1. The molecule has 0 aliphatic rings. The van der Waals surface area contributed by atoms with Crippen molar-refractivity contribution in [3.63, 3.8) is 0 Å². The van der Waals surface area contributed by atoms with Crippen LogP contribution in [0.25, 0.3) is 0 Å². The summed E-state index contributed by atoms with van der Waals surface area (Å²) in [5.41, 5.74) is 4.63. The minimum atomic E-state index is -4.42. The highest BCUT2D eigenvalue weighted by molar-refractivity contribution is 5.85. The minimum Gasteiger partial charge on any atom is -0.448 e. The third kappa shape index (κ3) is 9.40. The summed E-state index contributed by atoms with van der Waals surface area (Å²) in [4.78, 5) is 24.1. The van der Waals surface area contributed by atoms with Crippen LogP contribution in [-0.4, -0.2) is 51.9 Å². The van der Waals surface area contributed by atoms with Crippen LogP contribution in [0.5, 0.6) is 0 Å². The molecule has 36 heavy (non-hydrogen) atoms. The van der Waals surface area contributed by atoms with Gasteiger partial charge in [0.2, 0.25) is 5.91 Å². The van der Waals surface area contributed by atoms with Crippen LogP contribution in [-0.2, 0) is 22.0 Å². The van der Waals surface area contributed by atoms with Crippen LogP contribution in [0, 0.1) is 0 Å². The van der Waals surface area contributed by atoms with Crippen molar-refractivity contribution >= 4 is 12.0 Å². The van der Waals surface area contributed by atoms with E-state index in [1.807, 2.05) is 5.32 Å². The number of nitrogens with two attached hydrogens (primary N) is 1. The van der Waals surface area contributed by atoms with Gasteiger partial charge in [-0.25, -0.2) is 18.3 Å². The lowest BCUT2D eigenvalue weighted by Gasteiger charge is -2.26.